The highest BCUT2D eigenvalue weighted by atomic mass is 32.1. The van der Waals surface area contributed by atoms with Gasteiger partial charge in [0.25, 0.3) is 17.0 Å². The molecular formula is C18H15N5O3S. The summed E-state index contributed by atoms with van der Waals surface area (Å²) in [5.74, 6) is -0.467. The average Bonchev–Trinajstić information content (AvgIpc) is 3.28. The van der Waals surface area contributed by atoms with E-state index in [9.17, 15) is 9.59 Å². The first kappa shape index (κ1) is 17.1. The van der Waals surface area contributed by atoms with Crippen LogP contribution in [-0.4, -0.2) is 34.1 Å². The number of methoxy groups -OCH3 is 1. The Balaban J connectivity index is 1.71. The number of pyridine rings is 1. The summed E-state index contributed by atoms with van der Waals surface area (Å²) in [6, 6.07) is 7.43. The summed E-state index contributed by atoms with van der Waals surface area (Å²) in [5.41, 5.74) is 4.19. The van der Waals surface area contributed by atoms with Gasteiger partial charge < -0.3 is 10.1 Å². The fourth-order valence-corrected chi connectivity index (χ4v) is 3.42. The van der Waals surface area contributed by atoms with Gasteiger partial charge in [0.1, 0.15) is 0 Å². The van der Waals surface area contributed by atoms with Gasteiger partial charge in [-0.1, -0.05) is 17.2 Å². The number of ether oxygens (including phenoxy) is 1. The lowest BCUT2D eigenvalue weighted by Crippen LogP contribution is -2.14. The molecule has 9 heteroatoms. The normalized spacial score (nSPS) is 12.4. The Morgan fingerprint density at radius 3 is 2.89 bits per heavy atom. The van der Waals surface area contributed by atoms with Crippen molar-refractivity contribution in [1.29, 1.82) is 0 Å². The van der Waals surface area contributed by atoms with Crippen LogP contribution in [0.5, 0.6) is 5.19 Å². The monoisotopic (exact) mass is 381 g/mol. The number of aromatic nitrogens is 3. The van der Waals surface area contributed by atoms with Gasteiger partial charge in [0.05, 0.1) is 12.7 Å². The molecule has 0 radical (unpaired) electrons. The Kier molecular flexibility index (Phi) is 4.28. The fourth-order valence-electron chi connectivity index (χ4n) is 2.87. The minimum Gasteiger partial charge on any atom is -0.472 e. The summed E-state index contributed by atoms with van der Waals surface area (Å²) >= 11 is 1.13. The van der Waals surface area contributed by atoms with Crippen LogP contribution in [0.25, 0.3) is 11.1 Å². The highest BCUT2D eigenvalue weighted by molar-refractivity contribution is 7.17. The number of fused-ring (bicyclic) bond motifs is 1. The van der Waals surface area contributed by atoms with E-state index < -0.39 is 0 Å². The van der Waals surface area contributed by atoms with E-state index in [-0.39, 0.29) is 11.8 Å². The molecule has 0 bridgehead atoms. The summed E-state index contributed by atoms with van der Waals surface area (Å²) in [6.45, 7) is 2.37. The third-order valence-electron chi connectivity index (χ3n) is 4.19. The standard InChI is InChI=1S/C18H15N5O3S/c1-9-5-12(10-3-4-11-7-20-15(24)13(11)6-10)14(8-19-9)16(25)21-17-22-23-18(26-2)27-17/h3-6,8H,7H2,1-2H3,(H,20,24)(H,21,22,25). The van der Waals surface area contributed by atoms with Gasteiger partial charge in [-0.25, -0.2) is 0 Å². The molecule has 2 N–H and O–H groups in total. The zero-order valence-electron chi connectivity index (χ0n) is 14.6. The highest BCUT2D eigenvalue weighted by Crippen LogP contribution is 2.29. The molecule has 3 heterocycles. The Morgan fingerprint density at radius 2 is 2.11 bits per heavy atom. The number of anilines is 1. The predicted octanol–water partition coefficient (Wildman–Crippen LogP) is 2.41. The van der Waals surface area contributed by atoms with E-state index in [1.807, 2.05) is 25.1 Å². The molecule has 0 unspecified atom stereocenters. The van der Waals surface area contributed by atoms with Crippen molar-refractivity contribution >= 4 is 28.3 Å². The number of hydrogen-bond donors (Lipinski definition) is 2. The Labute approximate surface area is 158 Å². The molecule has 0 fully saturated rings. The first-order valence-corrected chi connectivity index (χ1v) is 8.94. The van der Waals surface area contributed by atoms with Gasteiger partial charge in [-0.2, -0.15) is 0 Å². The molecule has 2 amide bonds. The van der Waals surface area contributed by atoms with Crippen LogP contribution in [0.1, 0.15) is 32.0 Å². The minimum absolute atomic E-state index is 0.107. The average molecular weight is 381 g/mol. The maximum Gasteiger partial charge on any atom is 0.295 e. The van der Waals surface area contributed by atoms with Crippen LogP contribution in [0.4, 0.5) is 5.13 Å². The lowest BCUT2D eigenvalue weighted by Gasteiger charge is -2.11. The maximum atomic E-state index is 12.8. The molecule has 0 saturated carbocycles. The van der Waals surface area contributed by atoms with Gasteiger partial charge in [-0.05, 0) is 47.1 Å². The topological polar surface area (TPSA) is 106 Å². The van der Waals surface area contributed by atoms with Crippen LogP contribution in [0.2, 0.25) is 0 Å². The van der Waals surface area contributed by atoms with Crippen LogP contribution in [0.15, 0.2) is 30.5 Å². The van der Waals surface area contributed by atoms with Gasteiger partial charge in [0, 0.05) is 24.0 Å². The quantitative estimate of drug-likeness (QED) is 0.719. The third kappa shape index (κ3) is 3.24. The predicted molar refractivity (Wildman–Crippen MR) is 100.0 cm³/mol. The lowest BCUT2D eigenvalue weighted by molar-refractivity contribution is 0.0964. The SMILES string of the molecule is COc1nnc(NC(=O)c2cnc(C)cc2-c2ccc3c(c2)C(=O)NC3)s1. The summed E-state index contributed by atoms with van der Waals surface area (Å²) < 4.78 is 4.99. The molecule has 0 spiro atoms. The third-order valence-corrected chi connectivity index (χ3v) is 4.99. The second-order valence-corrected chi connectivity index (χ2v) is 6.90. The minimum atomic E-state index is -0.360. The number of carbonyl (C=O) groups excluding carboxylic acids is 2. The van der Waals surface area contributed by atoms with Crippen molar-refractivity contribution in [2.24, 2.45) is 0 Å². The van der Waals surface area contributed by atoms with E-state index >= 15 is 0 Å². The Hall–Kier alpha value is -3.33. The number of nitrogens with one attached hydrogen (secondary N) is 2. The van der Waals surface area contributed by atoms with E-state index in [2.05, 4.69) is 25.8 Å². The Morgan fingerprint density at radius 1 is 1.26 bits per heavy atom. The molecule has 3 aromatic rings. The summed E-state index contributed by atoms with van der Waals surface area (Å²) in [6.07, 6.45) is 1.52. The van der Waals surface area contributed by atoms with E-state index in [1.165, 1.54) is 13.3 Å². The molecule has 1 aliphatic rings. The second kappa shape index (κ2) is 6.76. The lowest BCUT2D eigenvalue weighted by atomic mass is 9.96. The molecular weight excluding hydrogens is 366 g/mol. The van der Waals surface area contributed by atoms with Crippen molar-refractivity contribution in [3.63, 3.8) is 0 Å². The number of amides is 2. The van der Waals surface area contributed by atoms with Gasteiger partial charge in [0.15, 0.2) is 0 Å². The number of aryl methyl sites for hydroxylation is 1. The smallest absolute Gasteiger partial charge is 0.295 e. The highest BCUT2D eigenvalue weighted by Gasteiger charge is 2.21. The van der Waals surface area contributed by atoms with Gasteiger partial charge in [-0.15, -0.1) is 5.10 Å². The largest absolute Gasteiger partial charge is 0.472 e. The van der Waals surface area contributed by atoms with Crippen molar-refractivity contribution in [2.75, 3.05) is 12.4 Å². The molecule has 8 nitrogen and oxygen atoms in total. The van der Waals surface area contributed by atoms with Gasteiger partial charge in [0.2, 0.25) is 5.13 Å². The second-order valence-electron chi connectivity index (χ2n) is 5.96. The zero-order chi connectivity index (χ0) is 19.0. The fraction of sp³-hybridized carbons (Fsp3) is 0.167. The van der Waals surface area contributed by atoms with Gasteiger partial charge >= 0.3 is 0 Å². The summed E-state index contributed by atoms with van der Waals surface area (Å²) in [4.78, 5) is 29.0. The van der Waals surface area contributed by atoms with Gasteiger partial charge in [-0.3, -0.25) is 19.9 Å². The Bertz CT molecular complexity index is 1060. The molecule has 0 aliphatic carbocycles. The molecule has 1 aliphatic heterocycles. The molecule has 27 heavy (non-hydrogen) atoms. The zero-order valence-corrected chi connectivity index (χ0v) is 15.4. The number of carbonyl (C=O) groups is 2. The first-order chi connectivity index (χ1) is 13.0. The number of benzene rings is 1. The molecule has 136 valence electrons. The summed E-state index contributed by atoms with van der Waals surface area (Å²) in [7, 11) is 1.48. The van der Waals surface area contributed by atoms with Crippen molar-refractivity contribution in [1.82, 2.24) is 20.5 Å². The number of nitrogens with zero attached hydrogens (tertiary/aromatic N) is 3. The molecule has 0 atom stereocenters. The van der Waals surface area contributed by atoms with Crippen LogP contribution in [0.3, 0.4) is 0 Å². The van der Waals surface area contributed by atoms with Crippen LogP contribution >= 0.6 is 11.3 Å². The molecule has 2 aromatic heterocycles. The first-order valence-electron chi connectivity index (χ1n) is 8.12. The van der Waals surface area contributed by atoms with Crippen LogP contribution < -0.4 is 15.4 Å². The van der Waals surface area contributed by atoms with E-state index in [0.717, 1.165) is 28.2 Å². The van der Waals surface area contributed by atoms with Crippen LogP contribution in [-0.2, 0) is 6.54 Å². The van der Waals surface area contributed by atoms with E-state index in [4.69, 9.17) is 4.74 Å². The van der Waals surface area contributed by atoms with Crippen LogP contribution in [0, 0.1) is 6.92 Å². The van der Waals surface area contributed by atoms with Crippen molar-refractivity contribution in [2.45, 2.75) is 13.5 Å². The van der Waals surface area contributed by atoms with Crippen molar-refractivity contribution in [3.8, 4) is 16.3 Å². The molecule has 0 saturated heterocycles. The van der Waals surface area contributed by atoms with Crippen molar-refractivity contribution in [3.05, 3.63) is 52.8 Å². The van der Waals surface area contributed by atoms with Crippen molar-refractivity contribution < 1.29 is 14.3 Å². The number of rotatable bonds is 4. The molecule has 1 aromatic carbocycles. The summed E-state index contributed by atoms with van der Waals surface area (Å²) in [5, 5.41) is 13.9. The van der Waals surface area contributed by atoms with E-state index in [1.54, 1.807) is 6.07 Å². The maximum absolute atomic E-state index is 12.8. The molecule has 4 rings (SSSR count). The number of hydrogen-bond acceptors (Lipinski definition) is 7. The van der Waals surface area contributed by atoms with E-state index in [0.29, 0.717) is 33.6 Å².